The summed E-state index contributed by atoms with van der Waals surface area (Å²) in [6, 6.07) is 0. The smallest absolute Gasteiger partial charge is 0.315 e. The molecule has 23 heavy (non-hydrogen) atoms. The molecule has 140 valence electrons. The second-order valence-corrected chi connectivity index (χ2v) is 9.77. The average molecular weight is 419 g/mol. The molecular weight excluding hydrogens is 398 g/mol. The molecule has 2 saturated heterocycles. The standard InChI is InChI=1S/2C4H9NS.CH2F2O6S2/c2*1-3-6-4-2-5-1;2-1(3,10(4,5)6)11(7,8)9/h2*5H,1-4H2;(H,4,5,6)(H,7,8,9). The lowest BCUT2D eigenvalue weighted by Crippen LogP contribution is -2.36. The van der Waals surface area contributed by atoms with Crippen LogP contribution < -0.4 is 10.6 Å². The van der Waals surface area contributed by atoms with Gasteiger partial charge in [0.1, 0.15) is 0 Å². The maximum atomic E-state index is 11.8. The highest BCUT2D eigenvalue weighted by Crippen LogP contribution is 2.25. The molecule has 2 aliphatic heterocycles. The van der Waals surface area contributed by atoms with Crippen molar-refractivity contribution in [1.29, 1.82) is 0 Å². The van der Waals surface area contributed by atoms with Gasteiger partial charge in [0.05, 0.1) is 0 Å². The fourth-order valence-corrected chi connectivity index (χ4v) is 3.79. The van der Waals surface area contributed by atoms with Crippen molar-refractivity contribution in [2.75, 3.05) is 49.2 Å². The third-order valence-electron chi connectivity index (χ3n) is 2.29. The van der Waals surface area contributed by atoms with E-state index in [0.29, 0.717) is 0 Å². The molecule has 2 rings (SSSR count). The molecule has 2 fully saturated rings. The van der Waals surface area contributed by atoms with E-state index in [-0.39, 0.29) is 0 Å². The van der Waals surface area contributed by atoms with Crippen LogP contribution in [0.4, 0.5) is 8.78 Å². The minimum atomic E-state index is -6.13. The highest BCUT2D eigenvalue weighted by atomic mass is 32.3. The van der Waals surface area contributed by atoms with Gasteiger partial charge in [-0.3, -0.25) is 9.11 Å². The molecule has 14 heteroatoms. The maximum absolute atomic E-state index is 11.8. The van der Waals surface area contributed by atoms with Crippen LogP contribution in [0.5, 0.6) is 0 Å². The van der Waals surface area contributed by atoms with E-state index in [4.69, 9.17) is 9.11 Å². The Kier molecular flexibility index (Phi) is 11.2. The first kappa shape index (κ1) is 23.3. The lowest BCUT2D eigenvalue weighted by molar-refractivity contribution is 0.153. The van der Waals surface area contributed by atoms with Crippen LogP contribution >= 0.6 is 23.5 Å². The largest absolute Gasteiger partial charge is 0.495 e. The summed E-state index contributed by atoms with van der Waals surface area (Å²) in [5, 5.41) is 6.53. The Morgan fingerprint density at radius 3 is 1.04 bits per heavy atom. The number of nitrogens with one attached hydrogen (secondary N) is 2. The average Bonchev–Trinajstić information content (AvgIpc) is 2.50. The summed E-state index contributed by atoms with van der Waals surface area (Å²) in [6.07, 6.45) is 0. The first-order chi connectivity index (χ1) is 10.5. The SMILES string of the molecule is C1CSCCN1.C1CSCCN1.O=S(=O)(O)C(F)(F)S(=O)(=O)O. The molecule has 2 heterocycles. The number of halogens is 2. The molecule has 2 aliphatic rings. The van der Waals surface area contributed by atoms with Crippen LogP contribution in [-0.2, 0) is 20.2 Å². The topological polar surface area (TPSA) is 133 Å². The monoisotopic (exact) mass is 418 g/mol. The van der Waals surface area contributed by atoms with E-state index in [1.54, 1.807) is 0 Å². The summed E-state index contributed by atoms with van der Waals surface area (Å²) in [5.41, 5.74) is 0. The van der Waals surface area contributed by atoms with Crippen molar-refractivity contribution in [2.24, 2.45) is 0 Å². The van der Waals surface area contributed by atoms with Crippen LogP contribution in [0.1, 0.15) is 0 Å². The molecule has 0 atom stereocenters. The van der Waals surface area contributed by atoms with Crippen LogP contribution in [0, 0.1) is 0 Å². The van der Waals surface area contributed by atoms with Crippen molar-refractivity contribution in [3.8, 4) is 0 Å². The van der Waals surface area contributed by atoms with Gasteiger partial charge in [-0.05, 0) is 0 Å². The van der Waals surface area contributed by atoms with Crippen molar-refractivity contribution in [3.05, 3.63) is 0 Å². The fourth-order valence-electron chi connectivity index (χ4n) is 1.16. The van der Waals surface area contributed by atoms with Gasteiger partial charge in [-0.2, -0.15) is 49.1 Å². The second kappa shape index (κ2) is 11.0. The van der Waals surface area contributed by atoms with Crippen LogP contribution in [0.15, 0.2) is 0 Å². The van der Waals surface area contributed by atoms with Crippen LogP contribution in [-0.4, -0.2) is 79.7 Å². The zero-order chi connectivity index (χ0) is 18.0. The van der Waals surface area contributed by atoms with Crippen molar-refractivity contribution in [3.63, 3.8) is 0 Å². The number of hydrogen-bond acceptors (Lipinski definition) is 8. The molecule has 0 bridgehead atoms. The summed E-state index contributed by atoms with van der Waals surface area (Å²) in [7, 11) is -12.3. The van der Waals surface area contributed by atoms with Crippen LogP contribution in [0.25, 0.3) is 0 Å². The van der Waals surface area contributed by atoms with E-state index < -0.39 is 24.8 Å². The first-order valence-corrected chi connectivity index (χ1v) is 11.6. The van der Waals surface area contributed by atoms with Gasteiger partial charge >= 0.3 is 24.8 Å². The lowest BCUT2D eigenvalue weighted by Gasteiger charge is -2.08. The Morgan fingerprint density at radius 2 is 1.00 bits per heavy atom. The number of rotatable bonds is 2. The molecule has 0 aromatic heterocycles. The normalized spacial score (nSPS) is 19.7. The van der Waals surface area contributed by atoms with Gasteiger partial charge in [0, 0.05) is 49.2 Å². The lowest BCUT2D eigenvalue weighted by atomic mass is 10.6. The predicted octanol–water partition coefficient (Wildman–Crippen LogP) is -0.0421. The minimum Gasteiger partial charge on any atom is -0.315 e. The summed E-state index contributed by atoms with van der Waals surface area (Å²) >= 11 is 4.06. The molecule has 0 aromatic carbocycles. The Morgan fingerprint density at radius 1 is 0.739 bits per heavy atom. The Balaban J connectivity index is 0.000000339. The zero-order valence-corrected chi connectivity index (χ0v) is 15.3. The Labute approximate surface area is 143 Å². The van der Waals surface area contributed by atoms with Crippen molar-refractivity contribution in [1.82, 2.24) is 10.6 Å². The predicted molar refractivity (Wildman–Crippen MR) is 88.4 cm³/mol. The highest BCUT2D eigenvalue weighted by molar-refractivity contribution is 8.04. The van der Waals surface area contributed by atoms with Crippen molar-refractivity contribution < 1.29 is 34.7 Å². The van der Waals surface area contributed by atoms with E-state index in [2.05, 4.69) is 10.6 Å². The number of hydrogen-bond donors (Lipinski definition) is 4. The zero-order valence-electron chi connectivity index (χ0n) is 12.1. The quantitative estimate of drug-likeness (QED) is 0.453. The van der Waals surface area contributed by atoms with Gasteiger partial charge in [0.2, 0.25) is 0 Å². The molecule has 8 nitrogen and oxygen atoms in total. The minimum absolute atomic E-state index is 1.21. The van der Waals surface area contributed by atoms with E-state index in [1.807, 2.05) is 23.5 Å². The maximum Gasteiger partial charge on any atom is 0.495 e. The molecule has 0 aromatic rings. The molecule has 0 radical (unpaired) electrons. The summed E-state index contributed by atoms with van der Waals surface area (Å²) in [4.78, 5) is 0. The first-order valence-electron chi connectivity index (χ1n) is 6.39. The molecular formula is C9H20F2N2O6S4. The fraction of sp³-hybridized carbons (Fsp3) is 1.00. The molecule has 0 amide bonds. The van der Waals surface area contributed by atoms with Gasteiger partial charge in [0.15, 0.2) is 0 Å². The third kappa shape index (κ3) is 10.0. The second-order valence-electron chi connectivity index (χ2n) is 4.14. The number of thioether (sulfide) groups is 2. The van der Waals surface area contributed by atoms with Crippen LogP contribution in [0.3, 0.4) is 0 Å². The Bertz CT molecular complexity index is 451. The summed E-state index contributed by atoms with van der Waals surface area (Å²) in [5.74, 6) is 5.22. The van der Waals surface area contributed by atoms with Crippen molar-refractivity contribution >= 4 is 43.8 Å². The van der Waals surface area contributed by atoms with Gasteiger partial charge in [-0.15, -0.1) is 0 Å². The molecule has 0 aliphatic carbocycles. The van der Waals surface area contributed by atoms with Gasteiger partial charge < -0.3 is 10.6 Å². The van der Waals surface area contributed by atoms with Gasteiger partial charge in [-0.25, -0.2) is 0 Å². The van der Waals surface area contributed by atoms with Crippen LogP contribution in [0.2, 0.25) is 0 Å². The molecule has 0 saturated carbocycles. The third-order valence-corrected chi connectivity index (χ3v) is 6.73. The van der Waals surface area contributed by atoms with Gasteiger partial charge in [-0.1, -0.05) is 0 Å². The van der Waals surface area contributed by atoms with Gasteiger partial charge in [0.25, 0.3) is 0 Å². The summed E-state index contributed by atoms with van der Waals surface area (Å²) < 4.78 is 71.3. The van der Waals surface area contributed by atoms with Crippen molar-refractivity contribution in [2.45, 2.75) is 4.59 Å². The van der Waals surface area contributed by atoms with E-state index in [1.165, 1.54) is 49.2 Å². The number of alkyl halides is 2. The van der Waals surface area contributed by atoms with E-state index in [9.17, 15) is 25.6 Å². The molecule has 0 spiro atoms. The molecule has 0 unspecified atom stereocenters. The molecule has 4 N–H and O–H groups in total. The highest BCUT2D eigenvalue weighted by Gasteiger charge is 2.57. The van der Waals surface area contributed by atoms with E-state index >= 15 is 0 Å². The Hall–Kier alpha value is 0.300. The summed E-state index contributed by atoms with van der Waals surface area (Å²) in [6.45, 7) is 4.85. The van der Waals surface area contributed by atoms with E-state index in [0.717, 1.165) is 0 Å².